The van der Waals surface area contributed by atoms with Crippen LogP contribution >= 0.6 is 15.9 Å². The minimum absolute atomic E-state index is 0.261. The van der Waals surface area contributed by atoms with E-state index in [1.807, 2.05) is 6.92 Å². The van der Waals surface area contributed by atoms with Gasteiger partial charge >= 0.3 is 0 Å². The van der Waals surface area contributed by atoms with E-state index in [1.54, 1.807) is 0 Å². The molecule has 0 fully saturated rings. The monoisotopic (exact) mass is 324 g/mol. The standard InChI is InChI=1S/C10H15BrF2N4O/c1-2-3-14-8-7(11)9(17-6-16-8)15-4-10(12,13)5-18/h6,18H,2-5H2,1H3,(H2,14,15,16,17). The fraction of sp³-hybridized carbons (Fsp3) is 0.600. The fourth-order valence-corrected chi connectivity index (χ4v) is 1.61. The molecule has 1 aromatic heterocycles. The summed E-state index contributed by atoms with van der Waals surface area (Å²) in [5, 5.41) is 14.0. The molecule has 0 saturated heterocycles. The van der Waals surface area contributed by atoms with Crippen LogP contribution in [-0.4, -0.2) is 40.7 Å². The number of aromatic nitrogens is 2. The first kappa shape index (κ1) is 15.0. The smallest absolute Gasteiger partial charge is 0.287 e. The summed E-state index contributed by atoms with van der Waals surface area (Å²) in [4.78, 5) is 7.86. The van der Waals surface area contributed by atoms with E-state index in [-0.39, 0.29) is 5.82 Å². The molecule has 5 nitrogen and oxygen atoms in total. The lowest BCUT2D eigenvalue weighted by atomic mass is 10.3. The number of nitrogens with zero attached hydrogens (tertiary/aromatic N) is 2. The Morgan fingerprint density at radius 3 is 2.50 bits per heavy atom. The van der Waals surface area contributed by atoms with Gasteiger partial charge in [-0.2, -0.15) is 0 Å². The zero-order chi connectivity index (χ0) is 13.6. The van der Waals surface area contributed by atoms with Gasteiger partial charge < -0.3 is 15.7 Å². The molecule has 0 atom stereocenters. The molecule has 0 aromatic carbocycles. The summed E-state index contributed by atoms with van der Waals surface area (Å²) >= 11 is 3.24. The van der Waals surface area contributed by atoms with E-state index in [2.05, 4.69) is 36.5 Å². The van der Waals surface area contributed by atoms with E-state index in [0.29, 0.717) is 10.3 Å². The second-order valence-corrected chi connectivity index (χ2v) is 4.47. The molecule has 0 unspecified atom stereocenters. The molecule has 3 N–H and O–H groups in total. The van der Waals surface area contributed by atoms with Crippen molar-refractivity contribution in [1.82, 2.24) is 9.97 Å². The summed E-state index contributed by atoms with van der Waals surface area (Å²) in [6.07, 6.45) is 2.20. The Balaban J connectivity index is 2.71. The molecular weight excluding hydrogens is 310 g/mol. The Labute approximate surface area is 112 Å². The molecule has 0 bridgehead atoms. The molecule has 8 heteroatoms. The summed E-state index contributed by atoms with van der Waals surface area (Å²) < 4.78 is 26.3. The van der Waals surface area contributed by atoms with Crippen molar-refractivity contribution < 1.29 is 13.9 Å². The van der Waals surface area contributed by atoms with Crippen LogP contribution in [0.15, 0.2) is 10.8 Å². The molecule has 0 aliphatic heterocycles. The highest BCUT2D eigenvalue weighted by atomic mass is 79.9. The third-order valence-electron chi connectivity index (χ3n) is 2.08. The Hall–Kier alpha value is -1.02. The van der Waals surface area contributed by atoms with Crippen molar-refractivity contribution >= 4 is 27.6 Å². The van der Waals surface area contributed by atoms with Crippen LogP contribution in [-0.2, 0) is 0 Å². The van der Waals surface area contributed by atoms with Gasteiger partial charge in [-0.1, -0.05) is 6.92 Å². The number of aliphatic hydroxyl groups excluding tert-OH is 1. The van der Waals surface area contributed by atoms with Crippen LogP contribution in [0.25, 0.3) is 0 Å². The van der Waals surface area contributed by atoms with E-state index >= 15 is 0 Å². The van der Waals surface area contributed by atoms with Crippen LogP contribution in [0, 0.1) is 0 Å². The summed E-state index contributed by atoms with van der Waals surface area (Å²) in [5.41, 5.74) is 0. The number of hydrogen-bond acceptors (Lipinski definition) is 5. The highest BCUT2D eigenvalue weighted by Crippen LogP contribution is 2.27. The second kappa shape index (κ2) is 6.79. The largest absolute Gasteiger partial charge is 0.390 e. The number of anilines is 2. The number of rotatable bonds is 7. The summed E-state index contributed by atoms with van der Waals surface area (Å²) in [7, 11) is 0. The lowest BCUT2D eigenvalue weighted by Gasteiger charge is -2.16. The van der Waals surface area contributed by atoms with Crippen LogP contribution in [0.5, 0.6) is 0 Å². The maximum Gasteiger partial charge on any atom is 0.287 e. The lowest BCUT2D eigenvalue weighted by molar-refractivity contribution is -0.0373. The maximum atomic E-state index is 12.9. The van der Waals surface area contributed by atoms with Crippen LogP contribution in [0.4, 0.5) is 20.4 Å². The van der Waals surface area contributed by atoms with Gasteiger partial charge in [-0.25, -0.2) is 18.7 Å². The van der Waals surface area contributed by atoms with E-state index in [4.69, 9.17) is 5.11 Å². The van der Waals surface area contributed by atoms with Crippen LogP contribution in [0.3, 0.4) is 0 Å². The molecule has 0 aliphatic carbocycles. The Bertz CT molecular complexity index is 392. The highest BCUT2D eigenvalue weighted by Gasteiger charge is 2.27. The minimum Gasteiger partial charge on any atom is -0.390 e. The summed E-state index contributed by atoms with van der Waals surface area (Å²) in [6, 6.07) is 0. The lowest BCUT2D eigenvalue weighted by Crippen LogP contribution is -2.31. The third-order valence-corrected chi connectivity index (χ3v) is 2.83. The molecule has 18 heavy (non-hydrogen) atoms. The third kappa shape index (κ3) is 4.34. The van der Waals surface area contributed by atoms with Crippen molar-refractivity contribution in [2.45, 2.75) is 19.3 Å². The van der Waals surface area contributed by atoms with Gasteiger partial charge in [-0.15, -0.1) is 0 Å². The molecule has 1 rings (SSSR count). The van der Waals surface area contributed by atoms with E-state index in [1.165, 1.54) is 6.33 Å². The summed E-state index contributed by atoms with van der Waals surface area (Å²) in [6.45, 7) is 0.834. The van der Waals surface area contributed by atoms with Gasteiger partial charge in [-0.3, -0.25) is 0 Å². The van der Waals surface area contributed by atoms with Crippen LogP contribution < -0.4 is 10.6 Å². The van der Waals surface area contributed by atoms with Gasteiger partial charge in [0, 0.05) is 6.54 Å². The van der Waals surface area contributed by atoms with Crippen molar-refractivity contribution in [2.24, 2.45) is 0 Å². The number of halogens is 3. The first-order valence-corrected chi connectivity index (χ1v) is 6.26. The Morgan fingerprint density at radius 2 is 1.94 bits per heavy atom. The van der Waals surface area contributed by atoms with Crippen LogP contribution in [0.1, 0.15) is 13.3 Å². The molecule has 0 aliphatic rings. The topological polar surface area (TPSA) is 70.1 Å². The van der Waals surface area contributed by atoms with Gasteiger partial charge in [0.15, 0.2) is 0 Å². The predicted octanol–water partition coefficient (Wildman–Crippen LogP) is 2.10. The fourth-order valence-electron chi connectivity index (χ4n) is 1.13. The minimum atomic E-state index is -3.18. The van der Waals surface area contributed by atoms with Crippen molar-refractivity contribution in [3.8, 4) is 0 Å². The number of hydrogen-bond donors (Lipinski definition) is 3. The molecule has 0 spiro atoms. The number of alkyl halides is 2. The first-order valence-electron chi connectivity index (χ1n) is 5.47. The van der Waals surface area contributed by atoms with Gasteiger partial charge in [-0.05, 0) is 22.4 Å². The van der Waals surface area contributed by atoms with E-state index < -0.39 is 19.1 Å². The maximum absolute atomic E-state index is 12.9. The molecule has 102 valence electrons. The van der Waals surface area contributed by atoms with Crippen molar-refractivity contribution in [1.29, 1.82) is 0 Å². The van der Waals surface area contributed by atoms with E-state index in [0.717, 1.165) is 13.0 Å². The average molecular weight is 325 g/mol. The van der Waals surface area contributed by atoms with Gasteiger partial charge in [0.05, 0.1) is 6.54 Å². The average Bonchev–Trinajstić information content (AvgIpc) is 2.36. The first-order chi connectivity index (χ1) is 8.50. The highest BCUT2D eigenvalue weighted by molar-refractivity contribution is 9.10. The normalized spacial score (nSPS) is 11.4. The number of nitrogens with one attached hydrogen (secondary N) is 2. The molecule has 1 heterocycles. The zero-order valence-electron chi connectivity index (χ0n) is 9.88. The number of aliphatic hydroxyl groups is 1. The van der Waals surface area contributed by atoms with Crippen molar-refractivity contribution in [3.05, 3.63) is 10.8 Å². The molecule has 0 saturated carbocycles. The van der Waals surface area contributed by atoms with Crippen LogP contribution in [0.2, 0.25) is 0 Å². The second-order valence-electron chi connectivity index (χ2n) is 3.68. The predicted molar refractivity (Wildman–Crippen MR) is 69.0 cm³/mol. The van der Waals surface area contributed by atoms with Crippen molar-refractivity contribution in [3.63, 3.8) is 0 Å². The van der Waals surface area contributed by atoms with Crippen molar-refractivity contribution in [2.75, 3.05) is 30.3 Å². The quantitative estimate of drug-likeness (QED) is 0.716. The molecule has 1 aromatic rings. The Morgan fingerprint density at radius 1 is 1.33 bits per heavy atom. The van der Waals surface area contributed by atoms with Gasteiger partial charge in [0.1, 0.15) is 29.0 Å². The molecule has 0 amide bonds. The van der Waals surface area contributed by atoms with E-state index in [9.17, 15) is 8.78 Å². The summed E-state index contributed by atoms with van der Waals surface area (Å²) in [5.74, 6) is -2.38. The molecule has 0 radical (unpaired) electrons. The van der Waals surface area contributed by atoms with Gasteiger partial charge in [0.25, 0.3) is 5.92 Å². The Kier molecular flexibility index (Phi) is 5.67. The zero-order valence-corrected chi connectivity index (χ0v) is 11.5. The molecular formula is C10H15BrF2N4O. The SMILES string of the molecule is CCCNc1ncnc(NCC(F)(F)CO)c1Br. The van der Waals surface area contributed by atoms with Gasteiger partial charge in [0.2, 0.25) is 0 Å².